The number of fused-ring (bicyclic) bond motifs is 1. The van der Waals surface area contributed by atoms with Crippen LogP contribution in [0.1, 0.15) is 37.4 Å². The van der Waals surface area contributed by atoms with Crippen LogP contribution in [0.5, 0.6) is 0 Å². The molecule has 2 aromatic heterocycles. The van der Waals surface area contributed by atoms with Gasteiger partial charge in [0.1, 0.15) is 15.5 Å². The molecule has 0 atom stereocenters. The number of thiazole rings is 1. The Kier molecular flexibility index (Phi) is 6.52. The molecule has 1 aromatic carbocycles. The molecule has 2 heterocycles. The van der Waals surface area contributed by atoms with E-state index in [-0.39, 0.29) is 10.4 Å². The molecular weight excluding hydrogens is 352 g/mol. The van der Waals surface area contributed by atoms with Crippen molar-refractivity contribution in [3.05, 3.63) is 45.8 Å². The minimum atomic E-state index is -1.06. The first-order valence-electron chi connectivity index (χ1n) is 8.55. The molecule has 6 nitrogen and oxygen atoms in total. The Labute approximate surface area is 155 Å². The number of hydrogen-bond donors (Lipinski definition) is 1. The van der Waals surface area contributed by atoms with E-state index >= 15 is 0 Å². The molecule has 0 saturated heterocycles. The van der Waals surface area contributed by atoms with E-state index in [0.717, 1.165) is 35.5 Å². The molecule has 26 heavy (non-hydrogen) atoms. The maximum atomic E-state index is 12.3. The van der Waals surface area contributed by atoms with Crippen LogP contribution in [0.2, 0.25) is 0 Å². The van der Waals surface area contributed by atoms with E-state index in [1.807, 2.05) is 32.0 Å². The molecule has 0 aliphatic rings. The third kappa shape index (κ3) is 3.94. The third-order valence-corrected chi connectivity index (χ3v) is 4.81. The van der Waals surface area contributed by atoms with Crippen molar-refractivity contribution in [1.82, 2.24) is 4.98 Å². The summed E-state index contributed by atoms with van der Waals surface area (Å²) in [5, 5.41) is 10.1. The summed E-state index contributed by atoms with van der Waals surface area (Å²) in [6.45, 7) is 9.85. The number of aromatic carboxylic acids is 1. The summed E-state index contributed by atoms with van der Waals surface area (Å²) in [4.78, 5) is 29.5. The van der Waals surface area contributed by atoms with Gasteiger partial charge in [-0.15, -0.1) is 11.3 Å². The van der Waals surface area contributed by atoms with Gasteiger partial charge in [0, 0.05) is 30.2 Å². The number of hydrogen-bond acceptors (Lipinski definition) is 6. The summed E-state index contributed by atoms with van der Waals surface area (Å²) in [6, 6.07) is 7.40. The SMILES string of the molecule is CC.CCN(CC)c1ccc2cc(-c3ncc(C(=O)O)s3)c(=O)oc2c1. The Morgan fingerprint density at radius 1 is 1.23 bits per heavy atom. The maximum absolute atomic E-state index is 12.3. The van der Waals surface area contributed by atoms with Crippen molar-refractivity contribution in [2.45, 2.75) is 27.7 Å². The Morgan fingerprint density at radius 2 is 1.92 bits per heavy atom. The standard InChI is InChI=1S/C17H16N2O4S.C2H6/c1-3-19(4-2)11-6-5-10-7-12(17(22)23-13(10)8-11)15-18-9-14(24-15)16(20)21;1-2/h5-9H,3-4H2,1-2H3,(H,20,21);1-2H3. The van der Waals surface area contributed by atoms with E-state index in [2.05, 4.69) is 23.7 Å². The van der Waals surface area contributed by atoms with E-state index < -0.39 is 11.6 Å². The fourth-order valence-corrected chi connectivity index (χ4v) is 3.29. The van der Waals surface area contributed by atoms with Crippen LogP contribution in [-0.4, -0.2) is 29.1 Å². The van der Waals surface area contributed by atoms with E-state index in [1.165, 1.54) is 6.20 Å². The summed E-state index contributed by atoms with van der Waals surface area (Å²) < 4.78 is 5.43. The van der Waals surface area contributed by atoms with E-state index in [4.69, 9.17) is 9.52 Å². The van der Waals surface area contributed by atoms with Gasteiger partial charge < -0.3 is 14.4 Å². The number of carboxylic acids is 1. The van der Waals surface area contributed by atoms with Crippen LogP contribution in [0, 0.1) is 0 Å². The maximum Gasteiger partial charge on any atom is 0.347 e. The number of anilines is 1. The molecule has 0 amide bonds. The van der Waals surface area contributed by atoms with Crippen LogP contribution in [0.15, 0.2) is 39.7 Å². The second-order valence-electron chi connectivity index (χ2n) is 5.18. The lowest BCUT2D eigenvalue weighted by Gasteiger charge is -2.20. The molecular formula is C19H22N2O4S. The first-order valence-corrected chi connectivity index (χ1v) is 9.37. The Hall–Kier alpha value is -2.67. The predicted molar refractivity (Wildman–Crippen MR) is 105 cm³/mol. The van der Waals surface area contributed by atoms with Crippen molar-refractivity contribution in [2.24, 2.45) is 0 Å². The number of carboxylic acid groups (broad SMARTS) is 1. The van der Waals surface area contributed by atoms with Crippen molar-refractivity contribution >= 4 is 34.0 Å². The Bertz CT molecular complexity index is 958. The van der Waals surface area contributed by atoms with Crippen LogP contribution in [0.3, 0.4) is 0 Å². The molecule has 0 bridgehead atoms. The van der Waals surface area contributed by atoms with E-state index in [9.17, 15) is 9.59 Å². The van der Waals surface area contributed by atoms with E-state index in [1.54, 1.807) is 6.07 Å². The van der Waals surface area contributed by atoms with Gasteiger partial charge in [0.05, 0.1) is 11.8 Å². The smallest absolute Gasteiger partial charge is 0.347 e. The highest BCUT2D eigenvalue weighted by Crippen LogP contribution is 2.27. The highest BCUT2D eigenvalue weighted by molar-refractivity contribution is 7.16. The summed E-state index contributed by atoms with van der Waals surface area (Å²) in [5.74, 6) is -1.06. The Morgan fingerprint density at radius 3 is 2.50 bits per heavy atom. The molecule has 3 aromatic rings. The van der Waals surface area contributed by atoms with E-state index in [0.29, 0.717) is 10.6 Å². The third-order valence-electron chi connectivity index (χ3n) is 3.80. The lowest BCUT2D eigenvalue weighted by molar-refractivity contribution is 0.0702. The molecule has 0 aliphatic carbocycles. The number of nitrogens with zero attached hydrogens (tertiary/aromatic N) is 2. The van der Waals surface area contributed by atoms with Crippen LogP contribution in [0.25, 0.3) is 21.5 Å². The normalized spacial score (nSPS) is 10.3. The second-order valence-corrected chi connectivity index (χ2v) is 6.21. The van der Waals surface area contributed by atoms with Crippen molar-refractivity contribution in [3.63, 3.8) is 0 Å². The van der Waals surface area contributed by atoms with Crippen LogP contribution in [-0.2, 0) is 0 Å². The summed E-state index contributed by atoms with van der Waals surface area (Å²) in [5.41, 5.74) is 1.25. The van der Waals surface area contributed by atoms with Gasteiger partial charge in [-0.3, -0.25) is 0 Å². The van der Waals surface area contributed by atoms with Crippen LogP contribution in [0.4, 0.5) is 5.69 Å². The monoisotopic (exact) mass is 374 g/mol. The van der Waals surface area contributed by atoms with Gasteiger partial charge >= 0.3 is 11.6 Å². The summed E-state index contributed by atoms with van der Waals surface area (Å²) >= 11 is 0.953. The van der Waals surface area contributed by atoms with Gasteiger partial charge in [0.25, 0.3) is 0 Å². The summed E-state index contributed by atoms with van der Waals surface area (Å²) in [7, 11) is 0. The molecule has 0 unspecified atom stereocenters. The first-order chi connectivity index (χ1) is 12.5. The van der Waals surface area contributed by atoms with Crippen LogP contribution >= 0.6 is 11.3 Å². The second kappa shape index (κ2) is 8.62. The zero-order valence-electron chi connectivity index (χ0n) is 15.3. The molecule has 3 rings (SSSR count). The molecule has 0 spiro atoms. The topological polar surface area (TPSA) is 83.6 Å². The van der Waals surface area contributed by atoms with Crippen LogP contribution < -0.4 is 10.5 Å². The molecule has 138 valence electrons. The summed E-state index contributed by atoms with van der Waals surface area (Å²) in [6.07, 6.45) is 1.25. The zero-order valence-corrected chi connectivity index (χ0v) is 16.1. The molecule has 0 saturated carbocycles. The zero-order chi connectivity index (χ0) is 19.3. The number of benzene rings is 1. The minimum Gasteiger partial charge on any atom is -0.477 e. The molecule has 0 fully saturated rings. The number of carbonyl (C=O) groups is 1. The van der Waals surface area contributed by atoms with Gasteiger partial charge in [0.2, 0.25) is 0 Å². The predicted octanol–water partition coefficient (Wildman–Crippen LogP) is 4.49. The van der Waals surface area contributed by atoms with Gasteiger partial charge in [-0.1, -0.05) is 13.8 Å². The highest BCUT2D eigenvalue weighted by Gasteiger charge is 2.15. The van der Waals surface area contributed by atoms with Crippen molar-refractivity contribution in [2.75, 3.05) is 18.0 Å². The minimum absolute atomic E-state index is 0.0846. The van der Waals surface area contributed by atoms with Gasteiger partial charge in [-0.2, -0.15) is 0 Å². The molecule has 0 aliphatic heterocycles. The molecule has 0 radical (unpaired) electrons. The average molecular weight is 374 g/mol. The lowest BCUT2D eigenvalue weighted by atomic mass is 10.1. The van der Waals surface area contributed by atoms with Crippen molar-refractivity contribution in [3.8, 4) is 10.6 Å². The quantitative estimate of drug-likeness (QED) is 0.663. The fraction of sp³-hybridized carbons (Fsp3) is 0.316. The average Bonchev–Trinajstić information content (AvgIpc) is 3.14. The molecule has 1 N–H and O–H groups in total. The lowest BCUT2D eigenvalue weighted by Crippen LogP contribution is -2.21. The van der Waals surface area contributed by atoms with Gasteiger partial charge in [-0.05, 0) is 32.0 Å². The number of rotatable bonds is 5. The largest absolute Gasteiger partial charge is 0.477 e. The Balaban J connectivity index is 0.00000117. The van der Waals surface area contributed by atoms with Crippen molar-refractivity contribution < 1.29 is 14.3 Å². The first kappa shape index (κ1) is 19.7. The van der Waals surface area contributed by atoms with Gasteiger partial charge in [0.15, 0.2) is 0 Å². The highest BCUT2D eigenvalue weighted by atomic mass is 32.1. The molecule has 7 heteroatoms. The fourth-order valence-electron chi connectivity index (χ4n) is 2.53. The number of aromatic nitrogens is 1. The van der Waals surface area contributed by atoms with Crippen molar-refractivity contribution in [1.29, 1.82) is 0 Å². The van der Waals surface area contributed by atoms with Gasteiger partial charge in [-0.25, -0.2) is 14.6 Å².